The average Bonchev–Trinajstić information content (AvgIpc) is 3.20. The number of ketones is 1. The highest BCUT2D eigenvalue weighted by Crippen LogP contribution is 2.28. The number of aromatic nitrogens is 3. The maximum absolute atomic E-state index is 12.3. The summed E-state index contributed by atoms with van der Waals surface area (Å²) in [7, 11) is 0. The van der Waals surface area contributed by atoms with Crippen LogP contribution in [0.4, 0.5) is 0 Å². The van der Waals surface area contributed by atoms with Crippen molar-refractivity contribution in [3.63, 3.8) is 0 Å². The van der Waals surface area contributed by atoms with Gasteiger partial charge in [-0.3, -0.25) is 9.59 Å². The van der Waals surface area contributed by atoms with Gasteiger partial charge >= 0.3 is 5.97 Å². The molecule has 3 aromatic rings. The van der Waals surface area contributed by atoms with Gasteiger partial charge < -0.3 is 13.7 Å². The molecule has 0 bridgehead atoms. The minimum absolute atomic E-state index is 0.0349. The quantitative estimate of drug-likeness (QED) is 0.456. The van der Waals surface area contributed by atoms with Crippen LogP contribution < -0.4 is 0 Å². The maximum atomic E-state index is 12.3. The van der Waals surface area contributed by atoms with Crippen LogP contribution in [0.2, 0.25) is 0 Å². The number of aryl methyl sites for hydroxylation is 1. The second-order valence-electron chi connectivity index (χ2n) is 5.95. The zero-order valence-corrected chi connectivity index (χ0v) is 14.9. The Balaban J connectivity index is 1.94. The summed E-state index contributed by atoms with van der Waals surface area (Å²) in [4.78, 5) is 23.9. The highest BCUT2D eigenvalue weighted by Gasteiger charge is 2.19. The molecule has 0 fully saturated rings. The molecular formula is C19H21N3O4. The molecule has 7 heteroatoms. The third-order valence-electron chi connectivity index (χ3n) is 3.94. The lowest BCUT2D eigenvalue weighted by Crippen LogP contribution is -2.16. The van der Waals surface area contributed by atoms with E-state index in [0.717, 1.165) is 17.3 Å². The van der Waals surface area contributed by atoms with Crippen LogP contribution in [0.5, 0.6) is 0 Å². The third-order valence-corrected chi connectivity index (χ3v) is 3.94. The standard InChI is InChI=1S/C19H21N3O4/c1-3-7-17-20-21-19(26-17)16-10-13-8-5-6-9-15(13)22(16)12-14(23)11-18(24)25-4-2/h5-6,8-10H,3-4,7,11-12H2,1-2H3. The van der Waals surface area contributed by atoms with Gasteiger partial charge in [0, 0.05) is 17.3 Å². The fraction of sp³-hybridized carbons (Fsp3) is 0.368. The number of hydrogen-bond acceptors (Lipinski definition) is 6. The monoisotopic (exact) mass is 355 g/mol. The average molecular weight is 355 g/mol. The second-order valence-corrected chi connectivity index (χ2v) is 5.95. The zero-order valence-electron chi connectivity index (χ0n) is 14.9. The number of para-hydroxylation sites is 1. The molecule has 7 nitrogen and oxygen atoms in total. The van der Waals surface area contributed by atoms with E-state index in [1.807, 2.05) is 37.3 Å². The predicted molar refractivity (Wildman–Crippen MR) is 95.5 cm³/mol. The molecule has 0 atom stereocenters. The number of esters is 1. The van der Waals surface area contributed by atoms with E-state index in [-0.39, 0.29) is 25.4 Å². The molecule has 0 saturated carbocycles. The number of carbonyl (C=O) groups is 2. The minimum atomic E-state index is -0.515. The van der Waals surface area contributed by atoms with Crippen molar-refractivity contribution in [1.29, 1.82) is 0 Å². The number of nitrogens with zero attached hydrogens (tertiary/aromatic N) is 3. The first-order chi connectivity index (χ1) is 12.6. The van der Waals surface area contributed by atoms with Gasteiger partial charge in [-0.1, -0.05) is 25.1 Å². The molecule has 0 unspecified atom stereocenters. The van der Waals surface area contributed by atoms with E-state index < -0.39 is 5.97 Å². The van der Waals surface area contributed by atoms with E-state index in [1.165, 1.54) is 0 Å². The largest absolute Gasteiger partial charge is 0.466 e. The van der Waals surface area contributed by atoms with Crippen LogP contribution in [0.1, 0.15) is 32.6 Å². The summed E-state index contributed by atoms with van der Waals surface area (Å²) in [5.74, 6) is 0.184. The van der Waals surface area contributed by atoms with Gasteiger partial charge in [-0.05, 0) is 25.5 Å². The Morgan fingerprint density at radius 3 is 2.77 bits per heavy atom. The smallest absolute Gasteiger partial charge is 0.313 e. The minimum Gasteiger partial charge on any atom is -0.466 e. The maximum Gasteiger partial charge on any atom is 0.313 e. The first-order valence-corrected chi connectivity index (χ1v) is 8.70. The molecule has 2 aromatic heterocycles. The van der Waals surface area contributed by atoms with Crippen molar-refractivity contribution in [1.82, 2.24) is 14.8 Å². The van der Waals surface area contributed by atoms with Crippen molar-refractivity contribution >= 4 is 22.7 Å². The zero-order chi connectivity index (χ0) is 18.5. The van der Waals surface area contributed by atoms with Gasteiger partial charge in [0.05, 0.1) is 13.2 Å². The Morgan fingerprint density at radius 1 is 1.19 bits per heavy atom. The van der Waals surface area contributed by atoms with Crippen LogP contribution in [-0.2, 0) is 27.3 Å². The van der Waals surface area contributed by atoms with Crippen LogP contribution in [0, 0.1) is 0 Å². The van der Waals surface area contributed by atoms with Crippen LogP contribution in [-0.4, -0.2) is 33.1 Å². The Hall–Kier alpha value is -2.96. The fourth-order valence-corrected chi connectivity index (χ4v) is 2.84. The molecule has 3 rings (SSSR count). The van der Waals surface area contributed by atoms with E-state index in [4.69, 9.17) is 9.15 Å². The third kappa shape index (κ3) is 3.82. The molecule has 0 spiro atoms. The summed E-state index contributed by atoms with van der Waals surface area (Å²) in [6.45, 7) is 4.04. The normalized spacial score (nSPS) is 11.0. The Kier molecular flexibility index (Phi) is 5.46. The number of hydrogen-bond donors (Lipinski definition) is 0. The molecule has 26 heavy (non-hydrogen) atoms. The van der Waals surface area contributed by atoms with Gasteiger partial charge in [0.15, 0.2) is 5.78 Å². The lowest BCUT2D eigenvalue weighted by molar-refractivity contribution is -0.145. The van der Waals surface area contributed by atoms with E-state index in [1.54, 1.807) is 11.5 Å². The first-order valence-electron chi connectivity index (χ1n) is 8.70. The molecule has 0 aliphatic heterocycles. The summed E-state index contributed by atoms with van der Waals surface area (Å²) < 4.78 is 12.4. The first kappa shape index (κ1) is 17.8. The molecule has 0 aliphatic carbocycles. The summed E-state index contributed by atoms with van der Waals surface area (Å²) in [5, 5.41) is 9.13. The molecule has 2 heterocycles. The topological polar surface area (TPSA) is 87.2 Å². The van der Waals surface area contributed by atoms with Gasteiger partial charge in [-0.15, -0.1) is 10.2 Å². The van der Waals surface area contributed by atoms with E-state index in [0.29, 0.717) is 23.9 Å². The highest BCUT2D eigenvalue weighted by molar-refractivity contribution is 5.97. The summed E-state index contributed by atoms with van der Waals surface area (Å²) in [6, 6.07) is 9.60. The molecular weight excluding hydrogens is 334 g/mol. The summed E-state index contributed by atoms with van der Waals surface area (Å²) >= 11 is 0. The van der Waals surface area contributed by atoms with Gasteiger partial charge in [-0.25, -0.2) is 0 Å². The Labute approximate surface area is 151 Å². The van der Waals surface area contributed by atoms with E-state index in [2.05, 4.69) is 10.2 Å². The molecule has 0 amide bonds. The van der Waals surface area contributed by atoms with Gasteiger partial charge in [0.2, 0.25) is 5.89 Å². The van der Waals surface area contributed by atoms with Crippen molar-refractivity contribution in [2.75, 3.05) is 6.61 Å². The molecule has 136 valence electrons. The van der Waals surface area contributed by atoms with Crippen LogP contribution in [0.25, 0.3) is 22.5 Å². The van der Waals surface area contributed by atoms with Crippen molar-refractivity contribution in [3.8, 4) is 11.6 Å². The Morgan fingerprint density at radius 2 is 2.00 bits per heavy atom. The molecule has 0 aliphatic rings. The summed E-state index contributed by atoms with van der Waals surface area (Å²) in [6.07, 6.45) is 1.35. The number of rotatable bonds is 8. The van der Waals surface area contributed by atoms with E-state index >= 15 is 0 Å². The lowest BCUT2D eigenvalue weighted by Gasteiger charge is -2.08. The van der Waals surface area contributed by atoms with Crippen molar-refractivity contribution in [3.05, 3.63) is 36.2 Å². The second kappa shape index (κ2) is 7.95. The van der Waals surface area contributed by atoms with Crippen molar-refractivity contribution < 1.29 is 18.7 Å². The highest BCUT2D eigenvalue weighted by atomic mass is 16.5. The lowest BCUT2D eigenvalue weighted by atomic mass is 10.2. The van der Waals surface area contributed by atoms with Crippen molar-refractivity contribution in [2.45, 2.75) is 39.7 Å². The van der Waals surface area contributed by atoms with Crippen LogP contribution >= 0.6 is 0 Å². The Bertz CT molecular complexity index is 926. The SMILES string of the molecule is CCCc1nnc(-c2cc3ccccc3n2CC(=O)CC(=O)OCC)o1. The molecule has 1 aromatic carbocycles. The molecule has 0 saturated heterocycles. The number of carbonyl (C=O) groups excluding carboxylic acids is 2. The van der Waals surface area contributed by atoms with Gasteiger partial charge in [0.25, 0.3) is 5.89 Å². The van der Waals surface area contributed by atoms with Gasteiger partial charge in [0.1, 0.15) is 12.1 Å². The van der Waals surface area contributed by atoms with E-state index in [9.17, 15) is 9.59 Å². The number of Topliss-reactive ketones (excluding diaryl/α,β-unsaturated/α-hetero) is 1. The van der Waals surface area contributed by atoms with Crippen molar-refractivity contribution in [2.24, 2.45) is 0 Å². The van der Waals surface area contributed by atoms with Crippen LogP contribution in [0.3, 0.4) is 0 Å². The van der Waals surface area contributed by atoms with Crippen LogP contribution in [0.15, 0.2) is 34.7 Å². The number of ether oxygens (including phenoxy) is 1. The number of fused-ring (bicyclic) bond motifs is 1. The fourth-order valence-electron chi connectivity index (χ4n) is 2.84. The predicted octanol–water partition coefficient (Wildman–Crippen LogP) is 3.17. The molecule has 0 N–H and O–H groups in total. The summed E-state index contributed by atoms with van der Waals surface area (Å²) in [5.41, 5.74) is 1.54. The van der Waals surface area contributed by atoms with Gasteiger partial charge in [-0.2, -0.15) is 0 Å². The molecule has 0 radical (unpaired) electrons. The number of benzene rings is 1.